The van der Waals surface area contributed by atoms with Crippen LogP contribution < -0.4 is 0 Å². The van der Waals surface area contributed by atoms with E-state index in [2.05, 4.69) is 117 Å². The summed E-state index contributed by atoms with van der Waals surface area (Å²) in [5.74, 6) is 4.94. The van der Waals surface area contributed by atoms with Gasteiger partial charge in [-0.25, -0.2) is 0 Å². The molecule has 2 aromatic carbocycles. The molecule has 1 aliphatic rings. The van der Waals surface area contributed by atoms with Crippen LogP contribution in [0.25, 0.3) is 5.57 Å². The molecule has 0 saturated heterocycles. The van der Waals surface area contributed by atoms with Gasteiger partial charge in [-0.2, -0.15) is 0 Å². The molecule has 0 heterocycles. The van der Waals surface area contributed by atoms with E-state index in [0.717, 1.165) is 12.8 Å². The fourth-order valence-corrected chi connectivity index (χ4v) is 5.30. The molecule has 0 spiro atoms. The zero-order valence-corrected chi connectivity index (χ0v) is 22.4. The Morgan fingerprint density at radius 3 is 2.18 bits per heavy atom. The van der Waals surface area contributed by atoms with Crippen molar-refractivity contribution in [1.29, 1.82) is 0 Å². The summed E-state index contributed by atoms with van der Waals surface area (Å²) in [6.07, 6.45) is 10.0. The highest BCUT2D eigenvalue weighted by atomic mass is 14.4. The molecule has 0 aromatic heterocycles. The van der Waals surface area contributed by atoms with Crippen molar-refractivity contribution in [1.82, 2.24) is 0 Å². The smallest absolute Gasteiger partial charge is 0.0152 e. The van der Waals surface area contributed by atoms with Crippen molar-refractivity contribution in [2.24, 2.45) is 17.8 Å². The number of allylic oxidation sites excluding steroid dienone is 2. The molecule has 0 saturated carbocycles. The van der Waals surface area contributed by atoms with Gasteiger partial charge in [0.2, 0.25) is 0 Å². The Morgan fingerprint density at radius 1 is 0.970 bits per heavy atom. The minimum atomic E-state index is -0.0431. The van der Waals surface area contributed by atoms with Gasteiger partial charge in [0, 0.05) is 11.8 Å². The normalized spacial score (nSPS) is 21.9. The van der Waals surface area contributed by atoms with E-state index in [1.165, 1.54) is 33.4 Å². The van der Waals surface area contributed by atoms with Crippen molar-refractivity contribution in [3.8, 4) is 12.3 Å². The van der Waals surface area contributed by atoms with Crippen LogP contribution in [0.1, 0.15) is 102 Å². The van der Waals surface area contributed by atoms with Gasteiger partial charge in [0.25, 0.3) is 0 Å². The second kappa shape index (κ2) is 9.54. The van der Waals surface area contributed by atoms with Crippen LogP contribution in [0.4, 0.5) is 0 Å². The average Bonchev–Trinajstić information content (AvgIpc) is 2.82. The monoisotopic (exact) mass is 440 g/mol. The zero-order valence-electron chi connectivity index (χ0n) is 22.4. The fourth-order valence-electron chi connectivity index (χ4n) is 5.30. The summed E-state index contributed by atoms with van der Waals surface area (Å²) in [6.45, 7) is 21.0. The molecule has 0 radical (unpaired) electrons. The number of fused-ring (bicyclic) bond motifs is 1. The van der Waals surface area contributed by atoms with E-state index in [1.54, 1.807) is 0 Å². The summed E-state index contributed by atoms with van der Waals surface area (Å²) in [6, 6.07) is 16.6. The zero-order chi connectivity index (χ0) is 24.6. The molecule has 33 heavy (non-hydrogen) atoms. The first-order chi connectivity index (χ1) is 15.4. The predicted molar refractivity (Wildman–Crippen MR) is 146 cm³/mol. The lowest BCUT2D eigenvalue weighted by Crippen LogP contribution is -2.21. The Labute approximate surface area is 203 Å². The molecular weight excluding hydrogens is 396 g/mol. The molecule has 0 nitrogen and oxygen atoms in total. The van der Waals surface area contributed by atoms with Gasteiger partial charge in [0.15, 0.2) is 0 Å². The van der Waals surface area contributed by atoms with Crippen molar-refractivity contribution >= 4 is 5.57 Å². The third-order valence-corrected chi connectivity index (χ3v) is 8.20. The van der Waals surface area contributed by atoms with Crippen molar-refractivity contribution < 1.29 is 0 Å². The van der Waals surface area contributed by atoms with E-state index in [4.69, 9.17) is 6.42 Å². The first-order valence-corrected chi connectivity index (χ1v) is 12.8. The maximum absolute atomic E-state index is 5.57. The predicted octanol–water partition coefficient (Wildman–Crippen LogP) is 8.94. The summed E-state index contributed by atoms with van der Waals surface area (Å²) in [7, 11) is 0. The van der Waals surface area contributed by atoms with Crippen LogP contribution in [-0.4, -0.2) is 0 Å². The van der Waals surface area contributed by atoms with E-state index in [1.807, 2.05) is 0 Å². The lowest BCUT2D eigenvalue weighted by Gasteiger charge is -2.31. The van der Waals surface area contributed by atoms with Crippen LogP contribution in [0.15, 0.2) is 48.5 Å². The van der Waals surface area contributed by atoms with Crippen LogP contribution in [0.2, 0.25) is 0 Å². The highest BCUT2D eigenvalue weighted by molar-refractivity contribution is 5.77. The maximum atomic E-state index is 5.57. The molecule has 3 rings (SSSR count). The number of rotatable bonds is 5. The molecule has 0 heteroatoms. The number of hydrogen-bond acceptors (Lipinski definition) is 0. The lowest BCUT2D eigenvalue weighted by molar-refractivity contribution is 0.393. The van der Waals surface area contributed by atoms with Gasteiger partial charge in [-0.05, 0) is 68.9 Å². The lowest BCUT2D eigenvalue weighted by atomic mass is 9.72. The molecule has 176 valence electrons. The van der Waals surface area contributed by atoms with Crippen LogP contribution in [0.5, 0.6) is 0 Å². The van der Waals surface area contributed by atoms with Crippen molar-refractivity contribution in [2.45, 2.75) is 91.9 Å². The largest absolute Gasteiger partial charge is 0.120 e. The summed E-state index contributed by atoms with van der Waals surface area (Å²) >= 11 is 0. The topological polar surface area (TPSA) is 0 Å². The average molecular weight is 441 g/mol. The molecular formula is C33H44. The Hall–Kier alpha value is -2.26. The van der Waals surface area contributed by atoms with Crippen LogP contribution in [0.3, 0.4) is 0 Å². The molecule has 4 unspecified atom stereocenters. The van der Waals surface area contributed by atoms with Gasteiger partial charge >= 0.3 is 0 Å². The SMILES string of the molecule is C#CCC(C)C(C)Cc1ccc2c(c1)C(C)C(C)C=C(c1ccc(C(C)(C)C)cc1)C2(C)C. The summed E-state index contributed by atoms with van der Waals surface area (Å²) in [5, 5.41) is 0. The second-order valence-electron chi connectivity index (χ2n) is 12.2. The fraction of sp³-hybridized carbons (Fsp3) is 0.515. The third-order valence-electron chi connectivity index (χ3n) is 8.20. The molecule has 0 aliphatic heterocycles. The third kappa shape index (κ3) is 5.30. The molecule has 2 aromatic rings. The minimum absolute atomic E-state index is 0.0431. The number of terminal acetylenes is 1. The molecule has 0 amide bonds. The summed E-state index contributed by atoms with van der Waals surface area (Å²) in [4.78, 5) is 0. The molecule has 1 aliphatic carbocycles. The highest BCUT2D eigenvalue weighted by Gasteiger charge is 2.35. The van der Waals surface area contributed by atoms with Gasteiger partial charge in [-0.1, -0.05) is 111 Å². The van der Waals surface area contributed by atoms with Gasteiger partial charge in [0.1, 0.15) is 0 Å². The Morgan fingerprint density at radius 2 is 1.61 bits per heavy atom. The Balaban J connectivity index is 2.00. The van der Waals surface area contributed by atoms with Gasteiger partial charge in [-0.3, -0.25) is 0 Å². The molecule has 0 bridgehead atoms. The standard InChI is InChI=1S/C33H44/c1-11-12-22(2)23(3)19-26-13-18-30-29(21-26)25(5)24(4)20-31(33(30,9)10)27-14-16-28(17-15-27)32(6,7)8/h1,13-18,20-25H,12,19H2,2-10H3. The maximum Gasteiger partial charge on any atom is 0.0152 e. The van der Waals surface area contributed by atoms with E-state index in [9.17, 15) is 0 Å². The molecule has 4 atom stereocenters. The Kier molecular flexibility index (Phi) is 7.33. The Bertz CT molecular complexity index is 1030. The first kappa shape index (κ1) is 25.4. The summed E-state index contributed by atoms with van der Waals surface area (Å²) in [5.41, 5.74) is 8.74. The van der Waals surface area contributed by atoms with Gasteiger partial charge in [-0.15, -0.1) is 12.3 Å². The molecule has 0 N–H and O–H groups in total. The van der Waals surface area contributed by atoms with E-state index in [-0.39, 0.29) is 10.8 Å². The van der Waals surface area contributed by atoms with Crippen molar-refractivity contribution in [3.05, 3.63) is 76.4 Å². The minimum Gasteiger partial charge on any atom is -0.120 e. The summed E-state index contributed by atoms with van der Waals surface area (Å²) < 4.78 is 0. The van der Waals surface area contributed by atoms with Crippen LogP contribution in [-0.2, 0) is 17.3 Å². The van der Waals surface area contributed by atoms with Crippen molar-refractivity contribution in [2.75, 3.05) is 0 Å². The number of benzene rings is 2. The quantitative estimate of drug-likeness (QED) is 0.407. The van der Waals surface area contributed by atoms with Crippen LogP contribution >= 0.6 is 0 Å². The first-order valence-electron chi connectivity index (χ1n) is 12.8. The van der Waals surface area contributed by atoms with E-state index >= 15 is 0 Å². The highest BCUT2D eigenvalue weighted by Crippen LogP contribution is 2.47. The van der Waals surface area contributed by atoms with Gasteiger partial charge in [0.05, 0.1) is 0 Å². The van der Waals surface area contributed by atoms with E-state index in [0.29, 0.717) is 23.7 Å². The molecule has 0 fully saturated rings. The van der Waals surface area contributed by atoms with E-state index < -0.39 is 0 Å². The van der Waals surface area contributed by atoms with Gasteiger partial charge < -0.3 is 0 Å². The second-order valence-corrected chi connectivity index (χ2v) is 12.2. The van der Waals surface area contributed by atoms with Crippen molar-refractivity contribution in [3.63, 3.8) is 0 Å². The van der Waals surface area contributed by atoms with Crippen LogP contribution in [0, 0.1) is 30.1 Å². The number of hydrogen-bond donors (Lipinski definition) is 0.